The van der Waals surface area contributed by atoms with Crippen molar-refractivity contribution >= 4 is 5.97 Å². The van der Waals surface area contributed by atoms with Gasteiger partial charge in [-0.25, -0.2) is 4.79 Å². The largest absolute Gasteiger partial charge is 0.478 e. The molecule has 1 aromatic carbocycles. The lowest BCUT2D eigenvalue weighted by molar-refractivity contribution is -0.197. The molecular formula is C19H22F3NO4. The molecule has 0 spiro atoms. The number of hydrogen-bond acceptors (Lipinski definition) is 4. The van der Waals surface area contributed by atoms with E-state index in [1.165, 1.54) is 42.3 Å². The third-order valence-corrected chi connectivity index (χ3v) is 4.20. The Labute approximate surface area is 155 Å². The zero-order valence-electron chi connectivity index (χ0n) is 15.3. The van der Waals surface area contributed by atoms with Crippen molar-refractivity contribution in [1.29, 1.82) is 0 Å². The van der Waals surface area contributed by atoms with Crippen molar-refractivity contribution in [3.8, 4) is 0 Å². The Morgan fingerprint density at radius 2 is 1.81 bits per heavy atom. The molecule has 0 amide bonds. The van der Waals surface area contributed by atoms with Crippen LogP contribution >= 0.6 is 0 Å². The first kappa shape index (κ1) is 21.0. The molecular weight excluding hydrogens is 363 g/mol. The summed E-state index contributed by atoms with van der Waals surface area (Å²) < 4.78 is 51.2. The number of alkyl halides is 3. The van der Waals surface area contributed by atoms with Gasteiger partial charge in [0, 0.05) is 31.0 Å². The molecule has 0 aromatic heterocycles. The number of halogens is 3. The van der Waals surface area contributed by atoms with Crippen LogP contribution in [0.15, 0.2) is 47.8 Å². The van der Waals surface area contributed by atoms with E-state index < -0.39 is 30.0 Å². The number of hydrogen-bond donors (Lipinski definition) is 1. The van der Waals surface area contributed by atoms with Gasteiger partial charge in [0.25, 0.3) is 0 Å². The third-order valence-electron chi connectivity index (χ3n) is 4.20. The second-order valence-electron chi connectivity index (χ2n) is 5.83. The Balaban J connectivity index is 2.54. The first-order valence-electron chi connectivity index (χ1n) is 8.52. The van der Waals surface area contributed by atoms with E-state index in [4.69, 9.17) is 9.47 Å². The van der Waals surface area contributed by atoms with Crippen LogP contribution in [0.2, 0.25) is 0 Å². The van der Waals surface area contributed by atoms with Crippen LogP contribution in [0.4, 0.5) is 13.2 Å². The van der Waals surface area contributed by atoms with Gasteiger partial charge in [-0.2, -0.15) is 13.2 Å². The summed E-state index contributed by atoms with van der Waals surface area (Å²) in [5.74, 6) is -2.34. The van der Waals surface area contributed by atoms with E-state index in [9.17, 15) is 23.1 Å². The Morgan fingerprint density at radius 3 is 2.33 bits per heavy atom. The van der Waals surface area contributed by atoms with Gasteiger partial charge in [0.1, 0.15) is 0 Å². The SMILES string of the molecule is CCOC(OCC)N1C=CC(c2ccccc2C(F)(F)F)C(C(=O)O)=C1C. The highest BCUT2D eigenvalue weighted by molar-refractivity contribution is 5.90. The van der Waals surface area contributed by atoms with Crippen molar-refractivity contribution in [3.05, 3.63) is 58.9 Å². The molecule has 0 saturated heterocycles. The molecule has 0 radical (unpaired) electrons. The number of ether oxygens (including phenoxy) is 2. The van der Waals surface area contributed by atoms with Crippen LogP contribution in [0.5, 0.6) is 0 Å². The van der Waals surface area contributed by atoms with Crippen LogP contribution in [0, 0.1) is 0 Å². The normalized spacial score (nSPS) is 17.7. The molecule has 148 valence electrons. The average Bonchev–Trinajstić information content (AvgIpc) is 2.60. The molecule has 8 heteroatoms. The summed E-state index contributed by atoms with van der Waals surface area (Å²) in [6, 6.07) is 4.99. The van der Waals surface area contributed by atoms with Crippen LogP contribution < -0.4 is 0 Å². The highest BCUT2D eigenvalue weighted by atomic mass is 19.4. The van der Waals surface area contributed by atoms with Crippen molar-refractivity contribution in [2.24, 2.45) is 0 Å². The van der Waals surface area contributed by atoms with Crippen molar-refractivity contribution < 1.29 is 32.5 Å². The molecule has 2 rings (SSSR count). The maximum Gasteiger partial charge on any atom is 0.416 e. The predicted octanol–water partition coefficient (Wildman–Crippen LogP) is 4.33. The molecule has 0 fully saturated rings. The summed E-state index contributed by atoms with van der Waals surface area (Å²) in [6.45, 7) is 5.70. The van der Waals surface area contributed by atoms with Crippen molar-refractivity contribution in [1.82, 2.24) is 4.90 Å². The first-order chi connectivity index (χ1) is 12.7. The van der Waals surface area contributed by atoms with Gasteiger partial charge in [-0.1, -0.05) is 24.3 Å². The lowest BCUT2D eigenvalue weighted by Gasteiger charge is -2.35. The van der Waals surface area contributed by atoms with Gasteiger partial charge < -0.3 is 19.5 Å². The van der Waals surface area contributed by atoms with Crippen LogP contribution in [0.3, 0.4) is 0 Å². The maximum absolute atomic E-state index is 13.4. The Morgan fingerprint density at radius 1 is 1.22 bits per heavy atom. The van der Waals surface area contributed by atoms with E-state index in [-0.39, 0.29) is 16.8 Å². The molecule has 27 heavy (non-hydrogen) atoms. The number of benzene rings is 1. The molecule has 1 atom stereocenters. The van der Waals surface area contributed by atoms with Gasteiger partial charge >= 0.3 is 12.1 Å². The molecule has 0 bridgehead atoms. The van der Waals surface area contributed by atoms with Crippen LogP contribution in [0.1, 0.15) is 37.8 Å². The van der Waals surface area contributed by atoms with Gasteiger partial charge in [0.05, 0.1) is 11.1 Å². The lowest BCUT2D eigenvalue weighted by atomic mass is 9.85. The molecule has 5 nitrogen and oxygen atoms in total. The standard InChI is InChI=1S/C19H22F3NO4/c1-4-26-18(27-5-2)23-11-10-14(16(12(23)3)17(24)25)13-8-6-7-9-15(13)19(20,21)22/h6-11,14,18H,4-5H2,1-3H3,(H,24,25). The fourth-order valence-electron chi connectivity index (χ4n) is 3.05. The number of carboxylic acids is 1. The number of carboxylic acid groups (broad SMARTS) is 1. The van der Waals surface area contributed by atoms with Gasteiger partial charge in [-0.15, -0.1) is 0 Å². The number of carbonyl (C=O) groups is 1. The van der Waals surface area contributed by atoms with Crippen molar-refractivity contribution in [3.63, 3.8) is 0 Å². The summed E-state index contributed by atoms with van der Waals surface area (Å²) in [4.78, 5) is 13.4. The molecule has 1 N–H and O–H groups in total. The van der Waals surface area contributed by atoms with Gasteiger partial charge in [-0.05, 0) is 32.4 Å². The minimum absolute atomic E-state index is 0.109. The summed E-state index contributed by atoms with van der Waals surface area (Å²) >= 11 is 0. The van der Waals surface area contributed by atoms with Gasteiger partial charge in [0.2, 0.25) is 6.41 Å². The summed E-state index contributed by atoms with van der Waals surface area (Å²) in [5, 5.41) is 9.71. The number of rotatable bonds is 7. The van der Waals surface area contributed by atoms with Crippen molar-refractivity contribution in [2.75, 3.05) is 13.2 Å². The highest BCUT2D eigenvalue weighted by Gasteiger charge is 2.38. The maximum atomic E-state index is 13.4. The smallest absolute Gasteiger partial charge is 0.416 e. The van der Waals surface area contributed by atoms with Crippen molar-refractivity contribution in [2.45, 2.75) is 39.3 Å². The fraction of sp³-hybridized carbons (Fsp3) is 0.421. The monoisotopic (exact) mass is 385 g/mol. The molecule has 1 unspecified atom stereocenters. The van der Waals surface area contributed by atoms with E-state index in [0.717, 1.165) is 6.07 Å². The lowest BCUT2D eigenvalue weighted by Crippen LogP contribution is -2.38. The average molecular weight is 385 g/mol. The molecule has 1 aliphatic heterocycles. The zero-order valence-corrected chi connectivity index (χ0v) is 15.3. The number of nitrogens with zero attached hydrogens (tertiary/aromatic N) is 1. The van der Waals surface area contributed by atoms with E-state index >= 15 is 0 Å². The van der Waals surface area contributed by atoms with Crippen LogP contribution in [0.25, 0.3) is 0 Å². The first-order valence-corrected chi connectivity index (χ1v) is 8.52. The topological polar surface area (TPSA) is 59.0 Å². The minimum atomic E-state index is -4.59. The molecule has 0 saturated carbocycles. The summed E-state index contributed by atoms with van der Waals surface area (Å²) in [7, 11) is 0. The Hall–Kier alpha value is -2.32. The Kier molecular flexibility index (Phi) is 6.67. The Bertz CT molecular complexity index is 737. The quantitative estimate of drug-likeness (QED) is 0.708. The fourth-order valence-corrected chi connectivity index (χ4v) is 3.05. The zero-order chi connectivity index (χ0) is 20.2. The van der Waals surface area contributed by atoms with E-state index in [1.54, 1.807) is 13.8 Å². The predicted molar refractivity (Wildman–Crippen MR) is 92.5 cm³/mol. The van der Waals surface area contributed by atoms with Gasteiger partial charge in [0.15, 0.2) is 0 Å². The van der Waals surface area contributed by atoms with Gasteiger partial charge in [-0.3, -0.25) is 0 Å². The molecule has 0 aliphatic carbocycles. The van der Waals surface area contributed by atoms with E-state index in [0.29, 0.717) is 13.2 Å². The van der Waals surface area contributed by atoms with E-state index in [1.807, 2.05) is 0 Å². The molecule has 1 aromatic rings. The number of aliphatic carboxylic acids is 1. The molecule has 1 aliphatic rings. The highest BCUT2D eigenvalue weighted by Crippen LogP contribution is 2.41. The second-order valence-corrected chi connectivity index (χ2v) is 5.83. The second kappa shape index (κ2) is 8.58. The number of allylic oxidation sites excluding steroid dienone is 2. The molecule has 1 heterocycles. The van der Waals surface area contributed by atoms with Crippen LogP contribution in [-0.2, 0) is 20.4 Å². The minimum Gasteiger partial charge on any atom is -0.478 e. The summed E-state index contributed by atoms with van der Waals surface area (Å²) in [6.07, 6.45) is -2.51. The summed E-state index contributed by atoms with van der Waals surface area (Å²) in [5.41, 5.74) is -0.856. The van der Waals surface area contributed by atoms with E-state index in [2.05, 4.69) is 0 Å². The third kappa shape index (κ3) is 4.51. The van der Waals surface area contributed by atoms with Crippen LogP contribution in [-0.4, -0.2) is 35.6 Å².